The van der Waals surface area contributed by atoms with E-state index >= 15 is 0 Å². The third-order valence-corrected chi connectivity index (χ3v) is 13.4. The first kappa shape index (κ1) is 29.4. The molecule has 0 aliphatic carbocycles. The van der Waals surface area contributed by atoms with Crippen LogP contribution in [0.15, 0.2) is 153 Å². The SMILES string of the molecule is CC1(C)c2ccccc2N(c2ccc3c(c2)C(C)(C)c2cc(N4c5ccccc5Sc5ccccc54)ccc2S3(=O)=O)c2ccccc21. The Balaban J connectivity index is 1.23. The van der Waals surface area contributed by atoms with Gasteiger partial charge in [-0.1, -0.05) is 100 Å². The van der Waals surface area contributed by atoms with Crippen LogP contribution in [0.4, 0.5) is 34.1 Å². The fraction of sp³-hybridized carbons (Fsp3) is 0.143. The Labute approximate surface area is 286 Å². The van der Waals surface area contributed by atoms with Gasteiger partial charge in [-0.05, 0) is 95.1 Å². The maximum Gasteiger partial charge on any atom is 0.207 e. The molecule has 6 heteroatoms. The van der Waals surface area contributed by atoms with Gasteiger partial charge in [0.1, 0.15) is 0 Å². The number of rotatable bonds is 2. The topological polar surface area (TPSA) is 40.6 Å². The number of benzene rings is 6. The van der Waals surface area contributed by atoms with Gasteiger partial charge in [-0.15, -0.1) is 0 Å². The average molecular weight is 663 g/mol. The predicted octanol–water partition coefficient (Wildman–Crippen LogP) is 11.2. The highest BCUT2D eigenvalue weighted by molar-refractivity contribution is 7.99. The normalized spacial score (nSPS) is 17.2. The molecule has 0 fully saturated rings. The fourth-order valence-electron chi connectivity index (χ4n) is 7.95. The molecule has 0 bridgehead atoms. The van der Waals surface area contributed by atoms with Gasteiger partial charge in [-0.25, -0.2) is 8.42 Å². The Morgan fingerprint density at radius 2 is 0.833 bits per heavy atom. The van der Waals surface area contributed by atoms with Crippen molar-refractivity contribution in [3.8, 4) is 0 Å². The zero-order chi connectivity index (χ0) is 33.0. The highest BCUT2D eigenvalue weighted by Crippen LogP contribution is 2.55. The van der Waals surface area contributed by atoms with E-state index in [9.17, 15) is 8.42 Å². The van der Waals surface area contributed by atoms with Crippen molar-refractivity contribution in [3.05, 3.63) is 156 Å². The van der Waals surface area contributed by atoms with E-state index in [-0.39, 0.29) is 5.41 Å². The second kappa shape index (κ2) is 10.1. The smallest absolute Gasteiger partial charge is 0.207 e. The Hall–Kier alpha value is -4.78. The molecule has 0 unspecified atom stereocenters. The van der Waals surface area contributed by atoms with E-state index in [1.54, 1.807) is 11.8 Å². The highest BCUT2D eigenvalue weighted by atomic mass is 32.2. The molecule has 0 amide bonds. The van der Waals surface area contributed by atoms with E-state index in [4.69, 9.17) is 0 Å². The summed E-state index contributed by atoms with van der Waals surface area (Å²) in [4.78, 5) is 7.64. The van der Waals surface area contributed by atoms with Gasteiger partial charge in [0.05, 0.1) is 32.5 Å². The van der Waals surface area contributed by atoms with Crippen molar-refractivity contribution in [2.45, 2.75) is 58.1 Å². The van der Waals surface area contributed by atoms with Gasteiger partial charge in [0.15, 0.2) is 0 Å². The van der Waals surface area contributed by atoms with Crippen LogP contribution in [0, 0.1) is 0 Å². The molecule has 0 radical (unpaired) electrons. The Morgan fingerprint density at radius 1 is 0.458 bits per heavy atom. The maximum absolute atomic E-state index is 14.4. The summed E-state index contributed by atoms with van der Waals surface area (Å²) < 4.78 is 28.8. The van der Waals surface area contributed by atoms with Crippen molar-refractivity contribution in [2.75, 3.05) is 9.80 Å². The van der Waals surface area contributed by atoms with Crippen molar-refractivity contribution in [1.82, 2.24) is 0 Å². The van der Waals surface area contributed by atoms with Gasteiger partial charge in [0.25, 0.3) is 0 Å². The lowest BCUT2D eigenvalue weighted by Crippen LogP contribution is -2.32. The molecule has 3 aliphatic rings. The number of hydrogen-bond donors (Lipinski definition) is 0. The lowest BCUT2D eigenvalue weighted by molar-refractivity contribution is 0.556. The highest BCUT2D eigenvalue weighted by Gasteiger charge is 2.43. The standard InChI is InChI=1S/C42H34N2O2S2/c1-41(2)29-13-5-7-15-33(29)43(34-16-8-6-14-30(34)41)27-21-23-39-31(25-27)42(3,4)32-26-28(22-24-40(32)48(39,45)46)44-35-17-9-11-19-37(35)47-38-20-12-10-18-36(38)44/h5-26H,1-4H3. The second-order valence-electron chi connectivity index (χ2n) is 13.9. The predicted molar refractivity (Wildman–Crippen MR) is 196 cm³/mol. The molecule has 6 aromatic rings. The first-order valence-corrected chi connectivity index (χ1v) is 18.6. The van der Waals surface area contributed by atoms with Crippen molar-refractivity contribution in [2.24, 2.45) is 0 Å². The van der Waals surface area contributed by atoms with E-state index in [0.717, 1.165) is 45.3 Å². The minimum absolute atomic E-state index is 0.181. The minimum atomic E-state index is -3.77. The number of hydrogen-bond acceptors (Lipinski definition) is 5. The molecule has 236 valence electrons. The largest absolute Gasteiger partial charge is 0.310 e. The summed E-state index contributed by atoms with van der Waals surface area (Å²) in [6.07, 6.45) is 0. The molecule has 0 spiro atoms. The molecule has 4 nitrogen and oxygen atoms in total. The molecule has 9 rings (SSSR count). The molecule has 6 aromatic carbocycles. The molecule has 48 heavy (non-hydrogen) atoms. The maximum atomic E-state index is 14.4. The van der Waals surface area contributed by atoms with Crippen LogP contribution in [0.2, 0.25) is 0 Å². The van der Waals surface area contributed by atoms with Crippen LogP contribution in [0.5, 0.6) is 0 Å². The van der Waals surface area contributed by atoms with Crippen molar-refractivity contribution in [3.63, 3.8) is 0 Å². The van der Waals surface area contributed by atoms with Crippen LogP contribution < -0.4 is 9.80 Å². The van der Waals surface area contributed by atoms with E-state index < -0.39 is 15.3 Å². The summed E-state index contributed by atoms with van der Waals surface area (Å²) in [6.45, 7) is 8.86. The molecule has 0 saturated heterocycles. The Kier molecular flexibility index (Phi) is 6.19. The molecule has 3 aliphatic heterocycles. The van der Waals surface area contributed by atoms with Gasteiger partial charge in [-0.2, -0.15) is 0 Å². The molecule has 3 heterocycles. The molecule has 0 atom stereocenters. The Bertz CT molecular complexity index is 2330. The minimum Gasteiger partial charge on any atom is -0.310 e. The van der Waals surface area contributed by atoms with E-state index in [2.05, 4.69) is 147 Å². The van der Waals surface area contributed by atoms with Gasteiger partial charge in [0.2, 0.25) is 9.84 Å². The summed E-state index contributed by atoms with van der Waals surface area (Å²) >= 11 is 1.76. The van der Waals surface area contributed by atoms with Crippen LogP contribution in [0.1, 0.15) is 49.9 Å². The zero-order valence-electron chi connectivity index (χ0n) is 27.2. The van der Waals surface area contributed by atoms with Crippen molar-refractivity contribution < 1.29 is 8.42 Å². The first-order valence-electron chi connectivity index (χ1n) is 16.3. The summed E-state index contributed by atoms with van der Waals surface area (Å²) in [6, 6.07) is 45.7. The molecule has 0 N–H and O–H groups in total. The number of para-hydroxylation sites is 4. The van der Waals surface area contributed by atoms with Crippen LogP contribution in [0.3, 0.4) is 0 Å². The van der Waals surface area contributed by atoms with E-state index in [1.165, 1.54) is 20.9 Å². The monoisotopic (exact) mass is 662 g/mol. The van der Waals surface area contributed by atoms with Gasteiger partial charge < -0.3 is 9.80 Å². The van der Waals surface area contributed by atoms with E-state index in [0.29, 0.717) is 9.79 Å². The summed E-state index contributed by atoms with van der Waals surface area (Å²) in [5.74, 6) is 0. The number of fused-ring (bicyclic) bond motifs is 6. The van der Waals surface area contributed by atoms with Gasteiger partial charge in [-0.3, -0.25) is 0 Å². The van der Waals surface area contributed by atoms with E-state index in [1.807, 2.05) is 24.3 Å². The fourth-order valence-corrected chi connectivity index (χ4v) is 10.9. The second-order valence-corrected chi connectivity index (χ2v) is 16.8. The van der Waals surface area contributed by atoms with Crippen LogP contribution in [-0.4, -0.2) is 8.42 Å². The quantitative estimate of drug-likeness (QED) is 0.184. The third-order valence-electron chi connectivity index (χ3n) is 10.4. The third kappa shape index (κ3) is 3.99. The van der Waals surface area contributed by atoms with Gasteiger partial charge in [0, 0.05) is 32.0 Å². The van der Waals surface area contributed by atoms with Crippen LogP contribution in [0.25, 0.3) is 0 Å². The molecular weight excluding hydrogens is 629 g/mol. The number of sulfone groups is 1. The lowest BCUT2D eigenvalue weighted by Gasteiger charge is -2.43. The molecule has 0 aromatic heterocycles. The lowest BCUT2D eigenvalue weighted by atomic mass is 9.73. The first-order chi connectivity index (χ1) is 23.1. The van der Waals surface area contributed by atoms with Crippen molar-refractivity contribution >= 4 is 55.7 Å². The number of nitrogens with zero attached hydrogens (tertiary/aromatic N) is 2. The summed E-state index contributed by atoms with van der Waals surface area (Å²) in [5, 5.41) is 0. The molecule has 0 saturated carbocycles. The van der Waals surface area contributed by atoms with Crippen molar-refractivity contribution in [1.29, 1.82) is 0 Å². The zero-order valence-corrected chi connectivity index (χ0v) is 28.9. The van der Waals surface area contributed by atoms with Crippen LogP contribution >= 0.6 is 11.8 Å². The number of anilines is 6. The molecular formula is C42H34N2O2S2. The average Bonchev–Trinajstić information content (AvgIpc) is 3.10. The van der Waals surface area contributed by atoms with Gasteiger partial charge >= 0.3 is 0 Å². The Morgan fingerprint density at radius 3 is 1.31 bits per heavy atom. The summed E-state index contributed by atoms with van der Waals surface area (Å²) in [7, 11) is -3.77. The van der Waals surface area contributed by atoms with Crippen LogP contribution in [-0.2, 0) is 20.7 Å². The summed E-state index contributed by atoms with van der Waals surface area (Å²) in [5.41, 5.74) is 9.60.